The maximum atomic E-state index is 16.1. The van der Waals surface area contributed by atoms with Crippen LogP contribution in [0.25, 0.3) is 39.0 Å². The minimum Gasteiger partial charge on any atom is -0.458 e. The molecule has 15 nitrogen and oxygen atoms in total. The van der Waals surface area contributed by atoms with Crippen molar-refractivity contribution in [3.8, 4) is 11.4 Å². The van der Waals surface area contributed by atoms with Gasteiger partial charge < -0.3 is 34.2 Å². The number of benzene rings is 4. The molecule has 4 unspecified atom stereocenters. The summed E-state index contributed by atoms with van der Waals surface area (Å²) >= 11 is 0. The Bertz CT molecular complexity index is 3750. The molecule has 4 heterocycles. The third-order valence-electron chi connectivity index (χ3n) is 18.2. The normalized spacial score (nSPS) is 22.9. The van der Waals surface area contributed by atoms with Gasteiger partial charge in [-0.1, -0.05) is 158 Å². The number of aryl methyl sites for hydroxylation is 2. The number of aromatic nitrogens is 5. The number of amidine groups is 2. The van der Waals surface area contributed by atoms with Crippen LogP contribution in [0.4, 0.5) is 11.6 Å². The number of hydrogen-bond acceptors (Lipinski definition) is 9. The van der Waals surface area contributed by atoms with Crippen molar-refractivity contribution in [3.63, 3.8) is 0 Å². The van der Waals surface area contributed by atoms with Gasteiger partial charge in [-0.15, -0.1) is 0 Å². The third kappa shape index (κ3) is 12.1. The molecular weight excluding hydrogens is 1060 g/mol. The van der Waals surface area contributed by atoms with Gasteiger partial charge >= 0.3 is 11.9 Å². The maximum absolute atomic E-state index is 16.1. The predicted octanol–water partition coefficient (Wildman–Crippen LogP) is 15.0. The van der Waals surface area contributed by atoms with E-state index in [9.17, 15) is 9.59 Å². The van der Waals surface area contributed by atoms with Crippen LogP contribution in [0.1, 0.15) is 160 Å². The van der Waals surface area contributed by atoms with Crippen LogP contribution in [0, 0.1) is 57.2 Å². The molecule has 2 aliphatic carbocycles. The van der Waals surface area contributed by atoms with Crippen molar-refractivity contribution in [2.24, 2.45) is 81.2 Å². The Morgan fingerprint density at radius 2 is 0.941 bits per heavy atom. The highest BCUT2D eigenvalue weighted by molar-refractivity contribution is 6.45. The second-order valence-corrected chi connectivity index (χ2v) is 28.6. The number of H-pyrrole nitrogens is 1. The Morgan fingerprint density at radius 1 is 0.541 bits per heavy atom. The molecule has 2 saturated carbocycles. The number of anilines is 1. The fraction of sp³-hybridized carbons (Fsp3) is 0.457. The van der Waals surface area contributed by atoms with Gasteiger partial charge in [-0.3, -0.25) is 9.59 Å². The van der Waals surface area contributed by atoms with Crippen LogP contribution in [0.2, 0.25) is 0 Å². The van der Waals surface area contributed by atoms with E-state index in [1.54, 1.807) is 48.5 Å². The zero-order chi connectivity index (χ0) is 61.2. The van der Waals surface area contributed by atoms with Crippen LogP contribution in [0.15, 0.2) is 125 Å². The van der Waals surface area contributed by atoms with Crippen molar-refractivity contribution in [1.29, 1.82) is 0 Å². The van der Waals surface area contributed by atoms with Crippen LogP contribution in [-0.4, -0.2) is 71.7 Å². The molecule has 0 bridgehead atoms. The number of nitrogens with zero attached hydrogens (tertiary/aromatic N) is 6. The van der Waals surface area contributed by atoms with Gasteiger partial charge in [-0.2, -0.15) is 0 Å². The minimum atomic E-state index is -0.701. The van der Waals surface area contributed by atoms with E-state index in [0.717, 1.165) is 36.7 Å². The molecule has 2 amide bonds. The number of imidazole rings is 2. The number of nitrogens with one attached hydrogen (secondary N) is 3. The molecule has 3 aromatic heterocycles. The van der Waals surface area contributed by atoms with Gasteiger partial charge in [0.25, 0.3) is 11.8 Å². The van der Waals surface area contributed by atoms with Crippen molar-refractivity contribution >= 4 is 74.7 Å². The summed E-state index contributed by atoms with van der Waals surface area (Å²) in [6.07, 6.45) is 2.37. The summed E-state index contributed by atoms with van der Waals surface area (Å²) in [5.41, 5.74) is 2.85. The fourth-order valence-corrected chi connectivity index (χ4v) is 13.6. The Morgan fingerprint density at radius 3 is 1.39 bits per heavy atom. The first-order chi connectivity index (χ1) is 40.0. The predicted molar refractivity (Wildman–Crippen MR) is 339 cm³/mol. The first kappa shape index (κ1) is 60.2. The highest BCUT2D eigenvalue weighted by Crippen LogP contribution is 2.53. The quantitative estimate of drug-likeness (QED) is 0.113. The molecule has 7 aromatic rings. The molecule has 0 radical (unpaired) electrons. The van der Waals surface area contributed by atoms with Crippen LogP contribution >= 0.6 is 0 Å². The van der Waals surface area contributed by atoms with E-state index in [4.69, 9.17) is 29.4 Å². The number of carbonyl (C=O) groups excluding carboxylic acids is 4. The molecular formula is C70H85N9O6. The largest absolute Gasteiger partial charge is 0.458 e. The zero-order valence-corrected chi connectivity index (χ0v) is 52.5. The monoisotopic (exact) mass is 1150 g/mol. The smallest absolute Gasteiger partial charge is 0.343 e. The highest BCUT2D eigenvalue weighted by Gasteiger charge is 2.51. The number of ether oxygens (including phenoxy) is 2. The topological polar surface area (TPSA) is 187 Å². The van der Waals surface area contributed by atoms with Gasteiger partial charge in [-0.05, 0) is 108 Å². The minimum absolute atomic E-state index is 0.00132. The fourth-order valence-electron chi connectivity index (χ4n) is 13.6. The van der Waals surface area contributed by atoms with Crippen molar-refractivity contribution in [1.82, 2.24) is 29.4 Å². The van der Waals surface area contributed by atoms with Crippen molar-refractivity contribution < 1.29 is 28.7 Å². The summed E-state index contributed by atoms with van der Waals surface area (Å²) in [4.78, 5) is 85.8. The number of aromatic amines is 1. The molecule has 2 fully saturated rings. The zero-order valence-electron chi connectivity index (χ0n) is 52.5. The molecule has 446 valence electrons. The van der Waals surface area contributed by atoms with Gasteiger partial charge in [0.2, 0.25) is 0 Å². The average molecular weight is 1150 g/mol. The Kier molecular flexibility index (Phi) is 16.2. The van der Waals surface area contributed by atoms with Crippen molar-refractivity contribution in [3.05, 3.63) is 137 Å². The van der Waals surface area contributed by atoms with E-state index in [-0.39, 0.29) is 90.9 Å². The molecule has 85 heavy (non-hydrogen) atoms. The second kappa shape index (κ2) is 22.8. The standard InChI is InChI=1S/C70H85N9O6/c1-39-35-43(67(3,4)5)55(44(36-39)68(6,7)8)84-65(82)53-51(61-71-47-31-23-25-33-49(47)78(61)15)57(74-59(53)76-63(80)41-27-19-17-20-28-41)73-58-52(62-72-48-32-24-26-34-50(48)79(62)16)54(60(75-58)77-64(81)42-29-21-18-22-30-42)66(83)85-56-45(69(9,10)11)37-40(2)38-46(56)70(12,13)14/h17-34,39-40,43-46,55-56,74H,35-38H2,1-16H3,(H,76,80)(H,73,75,77,81). The highest BCUT2D eigenvalue weighted by atomic mass is 16.5. The van der Waals surface area contributed by atoms with E-state index < -0.39 is 36.0 Å². The van der Waals surface area contributed by atoms with Gasteiger partial charge in [0, 0.05) is 48.9 Å². The van der Waals surface area contributed by atoms with E-state index >= 15 is 9.59 Å². The number of para-hydroxylation sites is 4. The Hall–Kier alpha value is -7.94. The lowest BCUT2D eigenvalue weighted by Gasteiger charge is -2.50. The molecule has 0 spiro atoms. The first-order valence-electron chi connectivity index (χ1n) is 30.2. The molecule has 1 aliphatic heterocycles. The van der Waals surface area contributed by atoms with Gasteiger partial charge in [-0.25, -0.2) is 29.5 Å². The molecule has 0 saturated heterocycles. The van der Waals surface area contributed by atoms with Crippen molar-refractivity contribution in [2.75, 3.05) is 5.32 Å². The first-order valence-corrected chi connectivity index (χ1v) is 30.2. The summed E-state index contributed by atoms with van der Waals surface area (Å²) in [6.45, 7) is 31.0. The summed E-state index contributed by atoms with van der Waals surface area (Å²) in [6, 6.07) is 32.8. The van der Waals surface area contributed by atoms with Crippen LogP contribution in [-0.2, 0) is 28.4 Å². The molecule has 3 aliphatic rings. The van der Waals surface area contributed by atoms with Crippen LogP contribution in [0.5, 0.6) is 0 Å². The summed E-state index contributed by atoms with van der Waals surface area (Å²) < 4.78 is 17.9. The molecule has 15 heteroatoms. The summed E-state index contributed by atoms with van der Waals surface area (Å²) in [7, 11) is 3.73. The lowest BCUT2D eigenvalue weighted by atomic mass is 9.59. The Labute approximate surface area is 500 Å². The lowest BCUT2D eigenvalue weighted by molar-refractivity contribution is -0.164. The summed E-state index contributed by atoms with van der Waals surface area (Å²) in [5, 5.41) is 6.11. The third-order valence-corrected chi connectivity index (χ3v) is 18.2. The number of carbonyl (C=O) groups is 4. The maximum Gasteiger partial charge on any atom is 0.343 e. The van der Waals surface area contributed by atoms with Gasteiger partial charge in [0.05, 0.1) is 33.2 Å². The molecule has 4 aromatic carbocycles. The lowest BCUT2D eigenvalue weighted by Crippen LogP contribution is -2.50. The number of fused-ring (bicyclic) bond motifs is 2. The number of amides is 2. The van der Waals surface area contributed by atoms with Gasteiger partial charge in [0.1, 0.15) is 46.6 Å². The number of rotatable bonds is 10. The van der Waals surface area contributed by atoms with Gasteiger partial charge in [0.15, 0.2) is 11.7 Å². The number of aliphatic imine (C=N–C) groups is 2. The number of hydrogen-bond donors (Lipinski definition) is 3. The van der Waals surface area contributed by atoms with E-state index in [1.807, 2.05) is 83.9 Å². The molecule has 3 N–H and O–H groups in total. The second-order valence-electron chi connectivity index (χ2n) is 28.6. The van der Waals surface area contributed by atoms with Crippen LogP contribution < -0.4 is 10.6 Å². The van der Waals surface area contributed by atoms with Crippen LogP contribution in [0.3, 0.4) is 0 Å². The summed E-state index contributed by atoms with van der Waals surface area (Å²) in [5.74, 6) is -1.10. The molecule has 10 rings (SSSR count). The Balaban J connectivity index is 1.26. The number of esters is 2. The molecule has 4 atom stereocenters. The SMILES string of the molecule is CC1CC(C(C)(C)C)C(OC(=O)C2=C(c3nc4ccccc4n3C)C(=Nc3[nH]c(NC(=O)c4ccccc4)c(C(=O)OC4C(C(C)(C)C)CC(C)CC4C(C)(C)C)c3-c3nc4ccccc4n3C)N=C2NC(=O)c2ccccc2)C(C(C)(C)C)C1. The van der Waals surface area contributed by atoms with E-state index in [0.29, 0.717) is 45.6 Å². The van der Waals surface area contributed by atoms with Crippen molar-refractivity contribution in [2.45, 2.75) is 135 Å². The van der Waals surface area contributed by atoms with E-state index in [1.165, 1.54) is 0 Å². The van der Waals surface area contributed by atoms with E-state index in [2.05, 4.69) is 113 Å². The average Bonchev–Trinajstić information content (AvgIpc) is 2.32.